The van der Waals surface area contributed by atoms with Crippen molar-refractivity contribution >= 4 is 39.6 Å². The molecule has 3 aromatic rings. The van der Waals surface area contributed by atoms with Gasteiger partial charge >= 0.3 is 5.97 Å². The van der Waals surface area contributed by atoms with E-state index in [9.17, 15) is 14.0 Å². The van der Waals surface area contributed by atoms with Gasteiger partial charge in [0, 0.05) is 20.7 Å². The number of anilines is 1. The Hall–Kier alpha value is -2.51. The summed E-state index contributed by atoms with van der Waals surface area (Å²) in [5.74, 6) is -1.05. The van der Waals surface area contributed by atoms with Gasteiger partial charge < -0.3 is 10.1 Å². The molecule has 0 unspecified atom stereocenters. The van der Waals surface area contributed by atoms with E-state index >= 15 is 0 Å². The predicted octanol–water partition coefficient (Wildman–Crippen LogP) is 6.23. The first kappa shape index (κ1) is 20.8. The van der Waals surface area contributed by atoms with Gasteiger partial charge in [0.1, 0.15) is 16.4 Å². The van der Waals surface area contributed by atoms with Crippen LogP contribution in [-0.2, 0) is 17.6 Å². The van der Waals surface area contributed by atoms with E-state index in [0.29, 0.717) is 27.3 Å². The maximum Gasteiger partial charge on any atom is 0.341 e. The Balaban J connectivity index is 1.73. The maximum absolute atomic E-state index is 13.4. The van der Waals surface area contributed by atoms with E-state index in [1.807, 2.05) is 12.3 Å². The highest BCUT2D eigenvalue weighted by Gasteiger charge is 2.27. The first-order valence-electron chi connectivity index (χ1n) is 9.96. The minimum atomic E-state index is -0.496. The number of hydrogen-bond donors (Lipinski definition) is 1. The zero-order chi connectivity index (χ0) is 21.3. The molecule has 0 bridgehead atoms. The quantitative estimate of drug-likeness (QED) is 0.476. The Morgan fingerprint density at radius 2 is 1.90 bits per heavy atom. The second kappa shape index (κ2) is 8.70. The Bertz CT molecular complexity index is 1100. The number of esters is 1. The Labute approximate surface area is 182 Å². The van der Waals surface area contributed by atoms with Crippen LogP contribution in [0, 0.1) is 12.7 Å². The average molecular weight is 444 g/mol. The van der Waals surface area contributed by atoms with Crippen LogP contribution in [0.15, 0.2) is 29.6 Å². The first-order valence-corrected chi connectivity index (χ1v) is 11.7. The van der Waals surface area contributed by atoms with Gasteiger partial charge in [0.05, 0.1) is 12.2 Å². The largest absolute Gasteiger partial charge is 0.462 e. The van der Waals surface area contributed by atoms with Gasteiger partial charge in [-0.05, 0) is 62.8 Å². The number of benzene rings is 1. The van der Waals surface area contributed by atoms with Crippen molar-refractivity contribution in [2.45, 2.75) is 39.5 Å². The van der Waals surface area contributed by atoms with Crippen LogP contribution in [-0.4, -0.2) is 18.5 Å². The number of hydrogen-bond acceptors (Lipinski definition) is 5. The number of ether oxygens (including phenoxy) is 1. The molecule has 0 saturated heterocycles. The van der Waals surface area contributed by atoms with Gasteiger partial charge in [-0.15, -0.1) is 22.7 Å². The fraction of sp³-hybridized carbons (Fsp3) is 0.304. The van der Waals surface area contributed by atoms with Gasteiger partial charge in [-0.1, -0.05) is 12.1 Å². The summed E-state index contributed by atoms with van der Waals surface area (Å²) in [7, 11) is 0. The number of nitrogens with one attached hydrogen (secondary N) is 1. The van der Waals surface area contributed by atoms with Gasteiger partial charge in [-0.3, -0.25) is 4.79 Å². The normalized spacial score (nSPS) is 13.0. The van der Waals surface area contributed by atoms with Gasteiger partial charge in [-0.2, -0.15) is 0 Å². The molecule has 4 rings (SSSR count). The highest BCUT2D eigenvalue weighted by atomic mass is 32.1. The van der Waals surface area contributed by atoms with Crippen molar-refractivity contribution in [2.75, 3.05) is 11.9 Å². The first-order chi connectivity index (χ1) is 14.5. The summed E-state index contributed by atoms with van der Waals surface area (Å²) in [5, 5.41) is 5.33. The van der Waals surface area contributed by atoms with Gasteiger partial charge in [0.2, 0.25) is 0 Å². The van der Waals surface area contributed by atoms with Crippen LogP contribution in [0.25, 0.3) is 11.1 Å². The molecule has 0 spiro atoms. The number of thiophene rings is 2. The zero-order valence-corrected chi connectivity index (χ0v) is 18.5. The molecule has 30 heavy (non-hydrogen) atoms. The molecule has 7 heteroatoms. The lowest BCUT2D eigenvalue weighted by molar-refractivity contribution is 0.0529. The fourth-order valence-electron chi connectivity index (χ4n) is 3.85. The van der Waals surface area contributed by atoms with Crippen molar-refractivity contribution in [1.29, 1.82) is 0 Å². The molecular formula is C23H22FNO3S2. The van der Waals surface area contributed by atoms with Crippen LogP contribution in [0.1, 0.15) is 55.8 Å². The summed E-state index contributed by atoms with van der Waals surface area (Å²) in [6.07, 6.45) is 4.18. The lowest BCUT2D eigenvalue weighted by atomic mass is 9.95. The van der Waals surface area contributed by atoms with Gasteiger partial charge in [0.15, 0.2) is 0 Å². The zero-order valence-electron chi connectivity index (χ0n) is 16.8. The van der Waals surface area contributed by atoms with Crippen molar-refractivity contribution in [3.8, 4) is 11.1 Å². The third kappa shape index (κ3) is 3.91. The summed E-state index contributed by atoms with van der Waals surface area (Å²) < 4.78 is 18.7. The Kier molecular flexibility index (Phi) is 6.01. The maximum atomic E-state index is 13.4. The number of carbonyl (C=O) groups is 2. The Morgan fingerprint density at radius 1 is 1.17 bits per heavy atom. The van der Waals surface area contributed by atoms with E-state index in [0.717, 1.165) is 36.1 Å². The fourth-order valence-corrected chi connectivity index (χ4v) is 6.03. The molecule has 156 valence electrons. The third-order valence-corrected chi connectivity index (χ3v) is 7.34. The summed E-state index contributed by atoms with van der Waals surface area (Å²) in [4.78, 5) is 28.0. The number of carbonyl (C=O) groups excluding carboxylic acids is 2. The highest BCUT2D eigenvalue weighted by Crippen LogP contribution is 2.41. The molecule has 0 atom stereocenters. The molecule has 2 heterocycles. The van der Waals surface area contributed by atoms with Crippen molar-refractivity contribution in [3.05, 3.63) is 61.9 Å². The molecule has 2 aromatic heterocycles. The molecule has 1 aliphatic carbocycles. The van der Waals surface area contributed by atoms with Crippen LogP contribution in [0.3, 0.4) is 0 Å². The molecule has 1 N–H and O–H groups in total. The lowest BCUT2D eigenvalue weighted by Gasteiger charge is -2.13. The van der Waals surface area contributed by atoms with E-state index in [-0.39, 0.29) is 18.3 Å². The van der Waals surface area contributed by atoms with E-state index < -0.39 is 5.97 Å². The van der Waals surface area contributed by atoms with Crippen molar-refractivity contribution in [2.24, 2.45) is 0 Å². The predicted molar refractivity (Wildman–Crippen MR) is 119 cm³/mol. The SMILES string of the molecule is CCOC(=O)c1c(NC(=O)c2csc3c2CCCC3)sc(C)c1-c1ccc(F)cc1. The highest BCUT2D eigenvalue weighted by molar-refractivity contribution is 7.17. The molecule has 4 nitrogen and oxygen atoms in total. The standard InChI is InChI=1S/C23H22FNO3S2/c1-3-28-23(27)20-19(14-8-10-15(24)11-9-14)13(2)30-22(20)25-21(26)17-12-29-18-7-5-4-6-16(17)18/h8-12H,3-7H2,1-2H3,(H,25,26). The van der Waals surface area contributed by atoms with Crippen LogP contribution in [0.2, 0.25) is 0 Å². The number of amides is 1. The number of halogens is 1. The van der Waals surface area contributed by atoms with Crippen molar-refractivity contribution < 1.29 is 18.7 Å². The molecular weight excluding hydrogens is 421 g/mol. The summed E-state index contributed by atoms with van der Waals surface area (Å²) in [5.41, 5.74) is 3.53. The van der Waals surface area contributed by atoms with Crippen LogP contribution >= 0.6 is 22.7 Å². The minimum Gasteiger partial charge on any atom is -0.462 e. The minimum absolute atomic E-state index is 0.202. The van der Waals surface area contributed by atoms with E-state index in [4.69, 9.17) is 4.74 Å². The topological polar surface area (TPSA) is 55.4 Å². The average Bonchev–Trinajstić information content (AvgIpc) is 3.30. The summed E-state index contributed by atoms with van der Waals surface area (Å²) >= 11 is 2.97. The molecule has 0 fully saturated rings. The van der Waals surface area contributed by atoms with Crippen molar-refractivity contribution in [1.82, 2.24) is 0 Å². The van der Waals surface area contributed by atoms with Crippen LogP contribution in [0.4, 0.5) is 9.39 Å². The Morgan fingerprint density at radius 3 is 2.63 bits per heavy atom. The molecule has 0 aliphatic heterocycles. The van der Waals surface area contributed by atoms with Gasteiger partial charge in [-0.25, -0.2) is 9.18 Å². The van der Waals surface area contributed by atoms with Crippen molar-refractivity contribution in [3.63, 3.8) is 0 Å². The van der Waals surface area contributed by atoms with E-state index in [2.05, 4.69) is 5.32 Å². The second-order valence-corrected chi connectivity index (χ2v) is 9.37. The molecule has 0 radical (unpaired) electrons. The number of aryl methyl sites for hydroxylation is 2. The van der Waals surface area contributed by atoms with Crippen LogP contribution < -0.4 is 5.32 Å². The molecule has 0 saturated carbocycles. The number of fused-ring (bicyclic) bond motifs is 1. The monoisotopic (exact) mass is 443 g/mol. The number of rotatable bonds is 5. The third-order valence-electron chi connectivity index (χ3n) is 5.23. The summed E-state index contributed by atoms with van der Waals surface area (Å²) in [6.45, 7) is 3.85. The summed E-state index contributed by atoms with van der Waals surface area (Å²) in [6, 6.07) is 5.98. The molecule has 1 aliphatic rings. The van der Waals surface area contributed by atoms with E-state index in [1.54, 1.807) is 30.4 Å². The molecule has 1 amide bonds. The second-order valence-electron chi connectivity index (χ2n) is 7.18. The van der Waals surface area contributed by atoms with Crippen LogP contribution in [0.5, 0.6) is 0 Å². The lowest BCUT2D eigenvalue weighted by Crippen LogP contribution is -2.16. The smallest absolute Gasteiger partial charge is 0.341 e. The molecule has 1 aromatic carbocycles. The van der Waals surface area contributed by atoms with E-state index in [1.165, 1.54) is 28.3 Å². The van der Waals surface area contributed by atoms with Gasteiger partial charge in [0.25, 0.3) is 5.91 Å².